The Morgan fingerprint density at radius 3 is 2.81 bits per heavy atom. The van der Waals surface area contributed by atoms with Crippen molar-refractivity contribution in [3.8, 4) is 5.75 Å². The fraction of sp³-hybridized carbons (Fsp3) is 0.619. The van der Waals surface area contributed by atoms with Crippen LogP contribution in [-0.2, 0) is 16.1 Å². The van der Waals surface area contributed by atoms with Crippen LogP contribution in [0.4, 0.5) is 0 Å². The highest BCUT2D eigenvalue weighted by Gasteiger charge is 2.48. The fourth-order valence-electron chi connectivity index (χ4n) is 4.57. The van der Waals surface area contributed by atoms with Gasteiger partial charge in [-0.25, -0.2) is 4.79 Å². The van der Waals surface area contributed by atoms with Crippen LogP contribution < -0.4 is 4.74 Å². The molecule has 1 unspecified atom stereocenters. The van der Waals surface area contributed by atoms with Crippen molar-refractivity contribution in [2.45, 2.75) is 38.6 Å². The van der Waals surface area contributed by atoms with E-state index in [1.807, 2.05) is 24.3 Å². The van der Waals surface area contributed by atoms with Gasteiger partial charge in [0.15, 0.2) is 6.61 Å². The lowest BCUT2D eigenvalue weighted by Gasteiger charge is -2.39. The highest BCUT2D eigenvalue weighted by molar-refractivity contribution is 5.84. The topological polar surface area (TPSA) is 70.1 Å². The van der Waals surface area contributed by atoms with Crippen LogP contribution in [-0.4, -0.2) is 59.6 Å². The first-order valence-corrected chi connectivity index (χ1v) is 10.00. The number of para-hydroxylation sites is 1. The lowest BCUT2D eigenvalue weighted by Crippen LogP contribution is -2.50. The molecule has 1 aromatic carbocycles. The van der Waals surface area contributed by atoms with E-state index in [0.717, 1.165) is 56.9 Å². The van der Waals surface area contributed by atoms with Gasteiger partial charge in [0.1, 0.15) is 5.75 Å². The lowest BCUT2D eigenvalue weighted by molar-refractivity contribution is -0.146. The molecule has 2 aliphatic heterocycles. The summed E-state index contributed by atoms with van der Waals surface area (Å²) in [5.41, 5.74) is 0.762. The molecule has 4 rings (SSSR count). The molecule has 3 aliphatic rings. The summed E-state index contributed by atoms with van der Waals surface area (Å²) in [6.07, 6.45) is 5.56. The van der Waals surface area contributed by atoms with Gasteiger partial charge >= 0.3 is 5.97 Å². The molecule has 1 aromatic rings. The number of carbonyl (C=O) groups is 2. The monoisotopic (exact) mass is 372 g/mol. The molecule has 2 saturated heterocycles. The van der Waals surface area contributed by atoms with E-state index in [4.69, 9.17) is 9.84 Å². The second-order valence-corrected chi connectivity index (χ2v) is 8.33. The molecule has 1 saturated carbocycles. The Labute approximate surface area is 160 Å². The van der Waals surface area contributed by atoms with Crippen molar-refractivity contribution in [1.29, 1.82) is 0 Å². The summed E-state index contributed by atoms with van der Waals surface area (Å²) in [6, 6.07) is 7.59. The van der Waals surface area contributed by atoms with E-state index in [0.29, 0.717) is 18.2 Å². The number of carbonyl (C=O) groups excluding carboxylic acids is 1. The minimum atomic E-state index is -0.978. The van der Waals surface area contributed by atoms with E-state index in [1.165, 1.54) is 12.8 Å². The predicted octanol–water partition coefficient (Wildman–Crippen LogP) is 2.37. The fourth-order valence-corrected chi connectivity index (χ4v) is 4.57. The zero-order valence-corrected chi connectivity index (χ0v) is 15.7. The molecule has 1 spiro atoms. The van der Waals surface area contributed by atoms with Crippen LogP contribution in [0.5, 0.6) is 5.75 Å². The number of piperidine rings is 1. The largest absolute Gasteiger partial charge is 0.482 e. The Balaban J connectivity index is 1.41. The predicted molar refractivity (Wildman–Crippen MR) is 100 cm³/mol. The van der Waals surface area contributed by atoms with Crippen LogP contribution >= 0.6 is 0 Å². The summed E-state index contributed by atoms with van der Waals surface area (Å²) >= 11 is 0. The SMILES string of the molecule is O=C(O)COc1ccccc1CN1CCC2(CCCN(CC3CC3)C2=O)C1. The highest BCUT2D eigenvalue weighted by Crippen LogP contribution is 2.42. The summed E-state index contributed by atoms with van der Waals surface area (Å²) in [6.45, 7) is 3.91. The molecule has 27 heavy (non-hydrogen) atoms. The summed E-state index contributed by atoms with van der Waals surface area (Å²) in [5, 5.41) is 8.86. The van der Waals surface area contributed by atoms with Crippen molar-refractivity contribution in [2.24, 2.45) is 11.3 Å². The first-order valence-electron chi connectivity index (χ1n) is 10.00. The van der Waals surface area contributed by atoms with E-state index < -0.39 is 5.97 Å². The number of ether oxygens (including phenoxy) is 1. The highest BCUT2D eigenvalue weighted by atomic mass is 16.5. The van der Waals surface area contributed by atoms with Gasteiger partial charge in [-0.1, -0.05) is 18.2 Å². The maximum Gasteiger partial charge on any atom is 0.341 e. The van der Waals surface area contributed by atoms with E-state index >= 15 is 0 Å². The van der Waals surface area contributed by atoms with Crippen LogP contribution in [0.3, 0.4) is 0 Å². The molecule has 0 radical (unpaired) electrons. The first kappa shape index (κ1) is 18.3. The Morgan fingerprint density at radius 1 is 1.22 bits per heavy atom. The number of hydrogen-bond donors (Lipinski definition) is 1. The van der Waals surface area contributed by atoms with Gasteiger partial charge in [-0.15, -0.1) is 0 Å². The molecule has 0 aromatic heterocycles. The van der Waals surface area contributed by atoms with Crippen LogP contribution in [0, 0.1) is 11.3 Å². The molecular formula is C21H28N2O4. The molecule has 2 heterocycles. The number of rotatable bonds is 7. The van der Waals surface area contributed by atoms with Gasteiger partial charge in [-0.05, 0) is 50.6 Å². The quantitative estimate of drug-likeness (QED) is 0.796. The number of carboxylic acids is 1. The van der Waals surface area contributed by atoms with Crippen LogP contribution in [0.2, 0.25) is 0 Å². The van der Waals surface area contributed by atoms with Gasteiger partial charge in [0.05, 0.1) is 5.41 Å². The zero-order chi connectivity index (χ0) is 18.9. The maximum atomic E-state index is 13.2. The standard InChI is InChI=1S/C21H28N2O4/c24-19(25)14-27-18-5-2-1-4-17(18)13-22-11-9-21(15-22)8-3-10-23(20(21)26)12-16-6-7-16/h1-2,4-5,16H,3,6-15H2,(H,24,25). The smallest absolute Gasteiger partial charge is 0.341 e. The Hall–Kier alpha value is -2.08. The van der Waals surface area contributed by atoms with Crippen molar-refractivity contribution < 1.29 is 19.4 Å². The van der Waals surface area contributed by atoms with E-state index in [-0.39, 0.29) is 12.0 Å². The third-order valence-electron chi connectivity index (χ3n) is 6.15. The van der Waals surface area contributed by atoms with Gasteiger partial charge in [-0.2, -0.15) is 0 Å². The molecular weight excluding hydrogens is 344 g/mol. The van der Waals surface area contributed by atoms with E-state index in [9.17, 15) is 9.59 Å². The Morgan fingerprint density at radius 2 is 2.04 bits per heavy atom. The lowest BCUT2D eigenvalue weighted by atomic mass is 9.78. The third-order valence-corrected chi connectivity index (χ3v) is 6.15. The summed E-state index contributed by atoms with van der Waals surface area (Å²) < 4.78 is 5.43. The van der Waals surface area contributed by atoms with Crippen molar-refractivity contribution in [1.82, 2.24) is 9.80 Å². The third kappa shape index (κ3) is 4.10. The van der Waals surface area contributed by atoms with Gasteiger partial charge < -0.3 is 14.7 Å². The van der Waals surface area contributed by atoms with Gasteiger partial charge in [0, 0.05) is 31.7 Å². The molecule has 146 valence electrons. The summed E-state index contributed by atoms with van der Waals surface area (Å²) in [5.74, 6) is 0.734. The maximum absolute atomic E-state index is 13.2. The van der Waals surface area contributed by atoms with Crippen molar-refractivity contribution in [2.75, 3.05) is 32.8 Å². The second kappa shape index (κ2) is 7.50. The molecule has 1 amide bonds. The average molecular weight is 372 g/mol. The first-order chi connectivity index (χ1) is 13.1. The number of carboxylic acid groups (broad SMARTS) is 1. The number of hydrogen-bond acceptors (Lipinski definition) is 4. The summed E-state index contributed by atoms with van der Waals surface area (Å²) in [4.78, 5) is 28.4. The molecule has 6 nitrogen and oxygen atoms in total. The van der Waals surface area contributed by atoms with E-state index in [2.05, 4.69) is 9.80 Å². The number of aliphatic carboxylic acids is 1. The second-order valence-electron chi connectivity index (χ2n) is 8.33. The summed E-state index contributed by atoms with van der Waals surface area (Å²) in [7, 11) is 0. The molecule has 0 bridgehead atoms. The van der Waals surface area contributed by atoms with E-state index in [1.54, 1.807) is 0 Å². The van der Waals surface area contributed by atoms with Crippen LogP contribution in [0.1, 0.15) is 37.7 Å². The number of nitrogens with zero attached hydrogens (tertiary/aromatic N) is 2. The van der Waals surface area contributed by atoms with Gasteiger partial charge in [0.2, 0.25) is 5.91 Å². The normalized spacial score (nSPS) is 25.9. The Kier molecular flexibility index (Phi) is 5.08. The van der Waals surface area contributed by atoms with Crippen LogP contribution in [0.25, 0.3) is 0 Å². The number of amides is 1. The number of benzene rings is 1. The molecule has 1 atom stereocenters. The van der Waals surface area contributed by atoms with Gasteiger partial charge in [0.25, 0.3) is 0 Å². The average Bonchev–Trinajstić information content (AvgIpc) is 3.38. The zero-order valence-electron chi connectivity index (χ0n) is 15.7. The van der Waals surface area contributed by atoms with Crippen molar-refractivity contribution >= 4 is 11.9 Å². The Bertz CT molecular complexity index is 718. The molecule has 1 N–H and O–H groups in total. The van der Waals surface area contributed by atoms with Crippen molar-refractivity contribution in [3.63, 3.8) is 0 Å². The van der Waals surface area contributed by atoms with Gasteiger partial charge in [-0.3, -0.25) is 9.69 Å². The van der Waals surface area contributed by atoms with Crippen LogP contribution in [0.15, 0.2) is 24.3 Å². The van der Waals surface area contributed by atoms with Crippen molar-refractivity contribution in [3.05, 3.63) is 29.8 Å². The molecule has 6 heteroatoms. The molecule has 1 aliphatic carbocycles. The molecule has 3 fully saturated rings. The number of likely N-dealkylation sites (tertiary alicyclic amines) is 2. The minimum absolute atomic E-state index is 0.218. The minimum Gasteiger partial charge on any atom is -0.482 e.